The molecule has 0 aliphatic heterocycles. The van der Waals surface area contributed by atoms with Crippen LogP contribution in [-0.4, -0.2) is 11.1 Å². The number of carbonyl (C=O) groups is 1. The van der Waals surface area contributed by atoms with Crippen LogP contribution in [0.5, 0.6) is 0 Å². The van der Waals surface area contributed by atoms with Crippen LogP contribution < -0.4 is 5.73 Å². The normalized spacial score (nSPS) is 10.5. The van der Waals surface area contributed by atoms with Gasteiger partial charge in [0, 0.05) is 5.56 Å². The molecule has 0 spiro atoms. The molecule has 0 fully saturated rings. The number of aromatic nitrogens is 1. The molecule has 1 aromatic carbocycles. The van der Waals surface area contributed by atoms with Crippen LogP contribution in [0.15, 0.2) is 22.9 Å². The zero-order chi connectivity index (χ0) is 12.6. The average molecular weight is 230 g/mol. The van der Waals surface area contributed by atoms with Crippen LogP contribution in [0, 0.1) is 20.8 Å². The topological polar surface area (TPSA) is 69.1 Å². The molecule has 0 unspecified atom stereocenters. The van der Waals surface area contributed by atoms with Crippen LogP contribution >= 0.6 is 0 Å². The molecule has 0 saturated heterocycles. The largest absolute Gasteiger partial charge is 0.365 e. The van der Waals surface area contributed by atoms with E-state index in [1.807, 2.05) is 32.9 Å². The van der Waals surface area contributed by atoms with Gasteiger partial charge < -0.3 is 10.3 Å². The van der Waals surface area contributed by atoms with Crippen molar-refractivity contribution in [3.8, 4) is 11.3 Å². The quantitative estimate of drug-likeness (QED) is 0.861. The van der Waals surface area contributed by atoms with Gasteiger partial charge in [-0.15, -0.1) is 0 Å². The lowest BCUT2D eigenvalue weighted by molar-refractivity contribution is 0.1000. The molecule has 88 valence electrons. The molecule has 1 amide bonds. The summed E-state index contributed by atoms with van der Waals surface area (Å²) in [6.07, 6.45) is 1.29. The SMILES string of the molecule is Cc1cc(C)c(-c2nocc2C(N)=O)c(C)c1. The van der Waals surface area contributed by atoms with Crippen molar-refractivity contribution < 1.29 is 9.32 Å². The fourth-order valence-corrected chi connectivity index (χ4v) is 2.15. The monoisotopic (exact) mass is 230 g/mol. The summed E-state index contributed by atoms with van der Waals surface area (Å²) in [7, 11) is 0. The number of nitrogens with two attached hydrogens (primary N) is 1. The summed E-state index contributed by atoms with van der Waals surface area (Å²) in [6.45, 7) is 5.99. The van der Waals surface area contributed by atoms with Gasteiger partial charge in [0.2, 0.25) is 0 Å². The van der Waals surface area contributed by atoms with Crippen molar-refractivity contribution in [2.24, 2.45) is 5.73 Å². The standard InChI is InChI=1S/C13H14N2O2/c1-7-4-8(2)11(9(3)5-7)12-10(13(14)16)6-17-15-12/h4-6H,1-3H3,(H2,14,16). The van der Waals surface area contributed by atoms with E-state index in [0.717, 1.165) is 16.7 Å². The van der Waals surface area contributed by atoms with Crippen molar-refractivity contribution in [3.05, 3.63) is 40.6 Å². The molecule has 1 aromatic heterocycles. The zero-order valence-corrected chi connectivity index (χ0v) is 10.1. The van der Waals surface area contributed by atoms with Gasteiger partial charge in [0.25, 0.3) is 5.91 Å². The second kappa shape index (κ2) is 4.05. The molecule has 2 rings (SSSR count). The lowest BCUT2D eigenvalue weighted by Gasteiger charge is -2.09. The molecule has 0 aliphatic rings. The highest BCUT2D eigenvalue weighted by Crippen LogP contribution is 2.29. The molecule has 0 bridgehead atoms. The Bertz CT molecular complexity index is 562. The van der Waals surface area contributed by atoms with Crippen LogP contribution in [0.25, 0.3) is 11.3 Å². The van der Waals surface area contributed by atoms with Crippen molar-refractivity contribution >= 4 is 5.91 Å². The minimum atomic E-state index is -0.527. The predicted molar refractivity (Wildman–Crippen MR) is 64.7 cm³/mol. The van der Waals surface area contributed by atoms with E-state index in [1.54, 1.807) is 0 Å². The molecule has 0 saturated carbocycles. The first-order valence-electron chi connectivity index (χ1n) is 5.33. The summed E-state index contributed by atoms with van der Waals surface area (Å²) < 4.78 is 4.85. The van der Waals surface area contributed by atoms with Gasteiger partial charge in [-0.2, -0.15) is 0 Å². The van der Waals surface area contributed by atoms with Crippen LogP contribution in [0.3, 0.4) is 0 Å². The highest BCUT2D eigenvalue weighted by Gasteiger charge is 2.18. The van der Waals surface area contributed by atoms with Gasteiger partial charge >= 0.3 is 0 Å². The maximum atomic E-state index is 11.3. The number of benzene rings is 1. The Kier molecular flexibility index (Phi) is 2.71. The van der Waals surface area contributed by atoms with E-state index in [2.05, 4.69) is 5.16 Å². The fourth-order valence-electron chi connectivity index (χ4n) is 2.15. The third kappa shape index (κ3) is 1.93. The van der Waals surface area contributed by atoms with Crippen LogP contribution in [0.4, 0.5) is 0 Å². The van der Waals surface area contributed by atoms with E-state index < -0.39 is 5.91 Å². The number of amides is 1. The van der Waals surface area contributed by atoms with E-state index >= 15 is 0 Å². The van der Waals surface area contributed by atoms with Gasteiger partial charge in [-0.05, 0) is 31.9 Å². The smallest absolute Gasteiger partial charge is 0.254 e. The Labute approximate surface area is 99.4 Å². The molecule has 1 heterocycles. The van der Waals surface area contributed by atoms with Gasteiger partial charge in [-0.3, -0.25) is 4.79 Å². The van der Waals surface area contributed by atoms with Crippen LogP contribution in [-0.2, 0) is 0 Å². The summed E-state index contributed by atoms with van der Waals surface area (Å²) in [5.41, 5.74) is 10.3. The highest BCUT2D eigenvalue weighted by atomic mass is 16.5. The molecule has 2 N–H and O–H groups in total. The maximum Gasteiger partial charge on any atom is 0.254 e. The van der Waals surface area contributed by atoms with Gasteiger partial charge in [0.15, 0.2) is 0 Å². The Morgan fingerprint density at radius 2 is 1.82 bits per heavy atom. The third-order valence-corrected chi connectivity index (χ3v) is 2.75. The Hall–Kier alpha value is -2.10. The van der Waals surface area contributed by atoms with E-state index in [1.165, 1.54) is 11.8 Å². The molecule has 17 heavy (non-hydrogen) atoms. The Balaban J connectivity index is 2.69. The number of nitrogens with zero attached hydrogens (tertiary/aromatic N) is 1. The molecular formula is C13H14N2O2. The van der Waals surface area contributed by atoms with E-state index in [-0.39, 0.29) is 0 Å². The second-order valence-corrected chi connectivity index (χ2v) is 4.21. The molecule has 4 nitrogen and oxygen atoms in total. The minimum Gasteiger partial charge on any atom is -0.365 e. The molecule has 0 aliphatic carbocycles. The van der Waals surface area contributed by atoms with Gasteiger partial charge in [-0.1, -0.05) is 22.9 Å². The average Bonchev–Trinajstić information content (AvgIpc) is 2.64. The predicted octanol–water partition coefficient (Wildman–Crippen LogP) is 2.37. The van der Waals surface area contributed by atoms with E-state index in [4.69, 9.17) is 10.3 Å². The van der Waals surface area contributed by atoms with Crippen molar-refractivity contribution in [1.29, 1.82) is 0 Å². The van der Waals surface area contributed by atoms with Crippen molar-refractivity contribution in [2.45, 2.75) is 20.8 Å². The number of hydrogen-bond acceptors (Lipinski definition) is 3. The zero-order valence-electron chi connectivity index (χ0n) is 10.1. The molecular weight excluding hydrogens is 216 g/mol. The number of rotatable bonds is 2. The second-order valence-electron chi connectivity index (χ2n) is 4.21. The number of primary amides is 1. The van der Waals surface area contributed by atoms with E-state index in [0.29, 0.717) is 11.3 Å². The lowest BCUT2D eigenvalue weighted by Crippen LogP contribution is -2.11. The van der Waals surface area contributed by atoms with Gasteiger partial charge in [-0.25, -0.2) is 0 Å². The van der Waals surface area contributed by atoms with Crippen LogP contribution in [0.2, 0.25) is 0 Å². The molecule has 4 heteroatoms. The van der Waals surface area contributed by atoms with Crippen LogP contribution in [0.1, 0.15) is 27.0 Å². The number of hydrogen-bond donors (Lipinski definition) is 1. The number of carbonyl (C=O) groups excluding carboxylic acids is 1. The molecule has 0 atom stereocenters. The van der Waals surface area contributed by atoms with Crippen molar-refractivity contribution in [1.82, 2.24) is 5.16 Å². The van der Waals surface area contributed by atoms with Gasteiger partial charge in [0.1, 0.15) is 17.5 Å². The first-order valence-corrected chi connectivity index (χ1v) is 5.33. The fraction of sp³-hybridized carbons (Fsp3) is 0.231. The summed E-state index contributed by atoms with van der Waals surface area (Å²) in [4.78, 5) is 11.3. The molecule has 2 aromatic rings. The Morgan fingerprint density at radius 3 is 2.35 bits per heavy atom. The summed E-state index contributed by atoms with van der Waals surface area (Å²) in [6, 6.07) is 4.09. The maximum absolute atomic E-state index is 11.3. The Morgan fingerprint density at radius 1 is 1.24 bits per heavy atom. The third-order valence-electron chi connectivity index (χ3n) is 2.75. The summed E-state index contributed by atoms with van der Waals surface area (Å²) >= 11 is 0. The van der Waals surface area contributed by atoms with Crippen molar-refractivity contribution in [2.75, 3.05) is 0 Å². The van der Waals surface area contributed by atoms with Crippen molar-refractivity contribution in [3.63, 3.8) is 0 Å². The number of aryl methyl sites for hydroxylation is 3. The van der Waals surface area contributed by atoms with Gasteiger partial charge in [0.05, 0.1) is 0 Å². The first kappa shape index (κ1) is 11.4. The molecule has 0 radical (unpaired) electrons. The first-order chi connectivity index (χ1) is 8.00. The lowest BCUT2D eigenvalue weighted by atomic mass is 9.95. The summed E-state index contributed by atoms with van der Waals surface area (Å²) in [5.74, 6) is -0.527. The van der Waals surface area contributed by atoms with E-state index in [9.17, 15) is 4.79 Å². The highest BCUT2D eigenvalue weighted by molar-refractivity contribution is 5.99. The minimum absolute atomic E-state index is 0.319. The summed E-state index contributed by atoms with van der Waals surface area (Å²) in [5, 5.41) is 3.88.